The Hall–Kier alpha value is -2.53. The summed E-state index contributed by atoms with van der Waals surface area (Å²) in [7, 11) is 0. The number of cyclic esters (lactones) is 1. The molecule has 2 aromatic rings. The monoisotopic (exact) mass is 325 g/mol. The van der Waals surface area contributed by atoms with Crippen molar-refractivity contribution in [1.29, 1.82) is 0 Å². The SMILES string of the molecule is O=C1OC(CO)C2CCc3cc(OCc4ccccc4)ccc3N12. The van der Waals surface area contributed by atoms with Gasteiger partial charge >= 0.3 is 6.09 Å². The predicted molar refractivity (Wildman–Crippen MR) is 89.2 cm³/mol. The Morgan fingerprint density at radius 2 is 2.04 bits per heavy atom. The lowest BCUT2D eigenvalue weighted by atomic mass is 9.94. The van der Waals surface area contributed by atoms with Crippen molar-refractivity contribution in [2.45, 2.75) is 31.6 Å². The highest BCUT2D eigenvalue weighted by Crippen LogP contribution is 2.38. The molecule has 0 saturated carbocycles. The predicted octanol–water partition coefficient (Wildman–Crippen LogP) is 2.90. The van der Waals surface area contributed by atoms with E-state index in [-0.39, 0.29) is 18.7 Å². The lowest BCUT2D eigenvalue weighted by Gasteiger charge is -2.31. The van der Waals surface area contributed by atoms with Crippen molar-refractivity contribution in [1.82, 2.24) is 0 Å². The third-order valence-corrected chi connectivity index (χ3v) is 4.66. The van der Waals surface area contributed by atoms with E-state index in [1.165, 1.54) is 0 Å². The van der Waals surface area contributed by atoms with Gasteiger partial charge in [0.15, 0.2) is 0 Å². The molecule has 1 N–H and O–H groups in total. The van der Waals surface area contributed by atoms with Crippen LogP contribution < -0.4 is 9.64 Å². The molecule has 0 aliphatic carbocycles. The number of ether oxygens (including phenoxy) is 2. The second-order valence-electron chi connectivity index (χ2n) is 6.15. The zero-order valence-corrected chi connectivity index (χ0v) is 13.2. The van der Waals surface area contributed by atoms with Gasteiger partial charge in [-0.3, -0.25) is 4.90 Å². The van der Waals surface area contributed by atoms with Gasteiger partial charge in [-0.05, 0) is 42.2 Å². The highest BCUT2D eigenvalue weighted by Gasteiger charge is 2.44. The van der Waals surface area contributed by atoms with Crippen molar-refractivity contribution >= 4 is 11.8 Å². The van der Waals surface area contributed by atoms with E-state index >= 15 is 0 Å². The normalized spacial score (nSPS) is 21.9. The molecule has 0 aromatic heterocycles. The fourth-order valence-corrected chi connectivity index (χ4v) is 3.45. The second-order valence-corrected chi connectivity index (χ2v) is 6.15. The lowest BCUT2D eigenvalue weighted by Crippen LogP contribution is -2.41. The summed E-state index contributed by atoms with van der Waals surface area (Å²) in [6.07, 6.45) is 0.816. The van der Waals surface area contributed by atoms with E-state index in [9.17, 15) is 9.90 Å². The van der Waals surface area contributed by atoms with Crippen molar-refractivity contribution in [3.05, 3.63) is 59.7 Å². The molecule has 2 unspecified atom stereocenters. The number of hydrogen-bond acceptors (Lipinski definition) is 4. The molecule has 5 heteroatoms. The van der Waals surface area contributed by atoms with E-state index in [2.05, 4.69) is 0 Å². The van der Waals surface area contributed by atoms with Crippen molar-refractivity contribution < 1.29 is 19.4 Å². The molecule has 0 bridgehead atoms. The van der Waals surface area contributed by atoms with Crippen LogP contribution in [0.3, 0.4) is 0 Å². The van der Waals surface area contributed by atoms with Crippen LogP contribution in [-0.4, -0.2) is 30.0 Å². The molecule has 24 heavy (non-hydrogen) atoms. The van der Waals surface area contributed by atoms with E-state index in [0.29, 0.717) is 6.61 Å². The van der Waals surface area contributed by atoms with Crippen molar-refractivity contribution in [2.24, 2.45) is 0 Å². The molecule has 124 valence electrons. The van der Waals surface area contributed by atoms with Crippen LogP contribution in [0.15, 0.2) is 48.5 Å². The molecule has 1 saturated heterocycles. The lowest BCUT2D eigenvalue weighted by molar-refractivity contribution is 0.0817. The first kappa shape index (κ1) is 15.0. The minimum Gasteiger partial charge on any atom is -0.489 e. The Balaban J connectivity index is 1.53. The molecule has 1 fully saturated rings. The first-order valence-corrected chi connectivity index (χ1v) is 8.16. The second kappa shape index (κ2) is 6.17. The van der Waals surface area contributed by atoms with Crippen LogP contribution in [0.5, 0.6) is 5.75 Å². The average molecular weight is 325 g/mol. The molecule has 1 amide bonds. The van der Waals surface area contributed by atoms with Gasteiger partial charge in [-0.2, -0.15) is 0 Å². The number of rotatable bonds is 4. The number of benzene rings is 2. The molecule has 2 aliphatic rings. The number of aliphatic hydroxyl groups is 1. The van der Waals surface area contributed by atoms with E-state index in [1.54, 1.807) is 4.90 Å². The summed E-state index contributed by atoms with van der Waals surface area (Å²) < 4.78 is 11.1. The number of aliphatic hydroxyl groups excluding tert-OH is 1. The maximum absolute atomic E-state index is 12.1. The summed E-state index contributed by atoms with van der Waals surface area (Å²) in [5.41, 5.74) is 3.05. The molecular formula is C19H19NO4. The number of anilines is 1. The Kier molecular flexibility index (Phi) is 3.86. The summed E-state index contributed by atoms with van der Waals surface area (Å²) in [4.78, 5) is 13.8. The molecule has 0 spiro atoms. The summed E-state index contributed by atoms with van der Waals surface area (Å²) >= 11 is 0. The van der Waals surface area contributed by atoms with Crippen LogP contribution >= 0.6 is 0 Å². The quantitative estimate of drug-likeness (QED) is 0.939. The van der Waals surface area contributed by atoms with Crippen LogP contribution in [0, 0.1) is 0 Å². The fraction of sp³-hybridized carbons (Fsp3) is 0.316. The number of nitrogens with zero attached hydrogens (tertiary/aromatic N) is 1. The van der Waals surface area contributed by atoms with Crippen LogP contribution in [-0.2, 0) is 17.8 Å². The van der Waals surface area contributed by atoms with Crippen LogP contribution in [0.1, 0.15) is 17.5 Å². The molecule has 4 rings (SSSR count). The van der Waals surface area contributed by atoms with E-state index in [4.69, 9.17) is 9.47 Å². The van der Waals surface area contributed by atoms with Crippen LogP contribution in [0.2, 0.25) is 0 Å². The topological polar surface area (TPSA) is 59.0 Å². The van der Waals surface area contributed by atoms with Gasteiger partial charge in [0.2, 0.25) is 0 Å². The zero-order chi connectivity index (χ0) is 16.5. The van der Waals surface area contributed by atoms with Crippen molar-refractivity contribution in [2.75, 3.05) is 11.5 Å². The number of carbonyl (C=O) groups is 1. The molecule has 2 heterocycles. The van der Waals surface area contributed by atoms with Gasteiger partial charge in [-0.25, -0.2) is 4.79 Å². The van der Waals surface area contributed by atoms with E-state index in [0.717, 1.165) is 35.4 Å². The van der Waals surface area contributed by atoms with Crippen LogP contribution in [0.25, 0.3) is 0 Å². The Morgan fingerprint density at radius 1 is 1.21 bits per heavy atom. The zero-order valence-electron chi connectivity index (χ0n) is 13.2. The third kappa shape index (κ3) is 2.61. The molecule has 2 aliphatic heterocycles. The summed E-state index contributed by atoms with van der Waals surface area (Å²) in [5, 5.41) is 9.37. The number of carbonyl (C=O) groups excluding carboxylic acids is 1. The van der Waals surface area contributed by atoms with Gasteiger partial charge in [0.05, 0.1) is 18.3 Å². The molecule has 2 aromatic carbocycles. The van der Waals surface area contributed by atoms with Crippen molar-refractivity contribution in [3.63, 3.8) is 0 Å². The minimum atomic E-state index is -0.431. The third-order valence-electron chi connectivity index (χ3n) is 4.66. The number of amides is 1. The first-order valence-electron chi connectivity index (χ1n) is 8.16. The Labute approximate surface area is 140 Å². The maximum atomic E-state index is 12.1. The molecular weight excluding hydrogens is 306 g/mol. The summed E-state index contributed by atoms with van der Waals surface area (Å²) in [5.74, 6) is 0.794. The van der Waals surface area contributed by atoms with Gasteiger partial charge in [0.1, 0.15) is 18.5 Å². The molecule has 5 nitrogen and oxygen atoms in total. The average Bonchev–Trinajstić information content (AvgIpc) is 2.97. The maximum Gasteiger partial charge on any atom is 0.415 e. The van der Waals surface area contributed by atoms with E-state index < -0.39 is 6.10 Å². The van der Waals surface area contributed by atoms with Gasteiger partial charge in [0, 0.05) is 0 Å². The van der Waals surface area contributed by atoms with Crippen LogP contribution in [0.4, 0.5) is 10.5 Å². The van der Waals surface area contributed by atoms with E-state index in [1.807, 2.05) is 48.5 Å². The van der Waals surface area contributed by atoms with Gasteiger partial charge in [-0.1, -0.05) is 30.3 Å². The number of aryl methyl sites for hydroxylation is 1. The number of fused-ring (bicyclic) bond motifs is 3. The van der Waals surface area contributed by atoms with Crippen molar-refractivity contribution in [3.8, 4) is 5.75 Å². The largest absolute Gasteiger partial charge is 0.489 e. The summed E-state index contributed by atoms with van der Waals surface area (Å²) in [6.45, 7) is 0.376. The Morgan fingerprint density at radius 3 is 2.83 bits per heavy atom. The molecule has 0 radical (unpaired) electrons. The highest BCUT2D eigenvalue weighted by molar-refractivity contribution is 5.92. The number of hydrogen-bond donors (Lipinski definition) is 1. The highest BCUT2D eigenvalue weighted by atomic mass is 16.6. The smallest absolute Gasteiger partial charge is 0.415 e. The summed E-state index contributed by atoms with van der Waals surface area (Å²) in [6, 6.07) is 15.7. The Bertz CT molecular complexity index is 746. The first-order chi connectivity index (χ1) is 11.8. The van der Waals surface area contributed by atoms with Gasteiger partial charge < -0.3 is 14.6 Å². The van der Waals surface area contributed by atoms with Gasteiger partial charge in [0.25, 0.3) is 0 Å². The standard InChI is InChI=1S/C19H19NO4/c21-11-18-17-8-6-14-10-15(23-12-13-4-2-1-3-5-13)7-9-16(14)20(17)19(22)24-18/h1-5,7,9-10,17-18,21H,6,8,11-12H2. The minimum absolute atomic E-state index is 0.0777. The fourth-order valence-electron chi connectivity index (χ4n) is 3.45. The molecule has 2 atom stereocenters. The van der Waals surface area contributed by atoms with Gasteiger partial charge in [-0.15, -0.1) is 0 Å².